The second kappa shape index (κ2) is 6.06. The summed E-state index contributed by atoms with van der Waals surface area (Å²) in [5.41, 5.74) is 0.289. The van der Waals surface area contributed by atoms with E-state index < -0.39 is 18.2 Å². The number of hydrogen-bond donors (Lipinski definition) is 0. The van der Waals surface area contributed by atoms with Crippen LogP contribution in [0.4, 0.5) is 14.5 Å². The molecule has 0 aromatic heterocycles. The van der Waals surface area contributed by atoms with Crippen LogP contribution in [0.15, 0.2) is 60.7 Å². The number of nitrogens with zero attached hydrogens (tertiary/aromatic N) is 1. The number of carbonyl (C=O) groups is 2. The van der Waals surface area contributed by atoms with E-state index in [0.717, 1.165) is 0 Å². The van der Waals surface area contributed by atoms with Crippen molar-refractivity contribution in [1.82, 2.24) is 0 Å². The van der Waals surface area contributed by atoms with Crippen molar-refractivity contribution >= 4 is 17.5 Å². The molecule has 0 aliphatic heterocycles. The Morgan fingerprint density at radius 3 is 1.85 bits per heavy atom. The Morgan fingerprint density at radius 1 is 0.850 bits per heavy atom. The van der Waals surface area contributed by atoms with Crippen molar-refractivity contribution in [1.29, 1.82) is 0 Å². The molecule has 0 N–H and O–H groups in total. The van der Waals surface area contributed by atoms with Crippen molar-refractivity contribution in [2.75, 3.05) is 4.90 Å². The van der Waals surface area contributed by atoms with E-state index in [0.29, 0.717) is 4.90 Å². The Labute approximate surface area is 114 Å². The van der Waals surface area contributed by atoms with Crippen LogP contribution < -0.4 is 4.90 Å². The van der Waals surface area contributed by atoms with Gasteiger partial charge in [-0.1, -0.05) is 36.4 Å². The fourth-order valence-corrected chi connectivity index (χ4v) is 1.73. The molecule has 0 aliphatic rings. The molecule has 3 nitrogen and oxygen atoms in total. The fourth-order valence-electron chi connectivity index (χ4n) is 1.73. The van der Waals surface area contributed by atoms with Gasteiger partial charge in [0.1, 0.15) is 0 Å². The maximum Gasteiger partial charge on any atom is 0.316 e. The Kier molecular flexibility index (Phi) is 4.20. The predicted octanol–water partition coefficient (Wildman–Crippen LogP) is 3.13. The summed E-state index contributed by atoms with van der Waals surface area (Å²) < 4.78 is 25.4. The van der Waals surface area contributed by atoms with Crippen LogP contribution in [-0.4, -0.2) is 18.2 Å². The minimum atomic E-state index is -3.25. The van der Waals surface area contributed by atoms with Gasteiger partial charge < -0.3 is 0 Å². The lowest BCUT2D eigenvalue weighted by atomic mass is 10.1. The summed E-state index contributed by atoms with van der Waals surface area (Å²) >= 11 is 0. The molecule has 5 heteroatoms. The largest absolute Gasteiger partial charge is 0.316 e. The number of alkyl halides is 2. The van der Waals surface area contributed by atoms with E-state index in [4.69, 9.17) is 0 Å². The van der Waals surface area contributed by atoms with Crippen LogP contribution in [0.5, 0.6) is 0 Å². The van der Waals surface area contributed by atoms with Crippen LogP contribution in [0.1, 0.15) is 10.4 Å². The number of para-hydroxylation sites is 1. The summed E-state index contributed by atoms with van der Waals surface area (Å²) in [6.07, 6.45) is -3.25. The van der Waals surface area contributed by atoms with Gasteiger partial charge in [0.05, 0.1) is 5.69 Å². The van der Waals surface area contributed by atoms with Gasteiger partial charge in [-0.25, -0.2) is 4.90 Å². The number of halogens is 2. The molecule has 0 fully saturated rings. The monoisotopic (exact) mass is 275 g/mol. The highest BCUT2D eigenvalue weighted by molar-refractivity contribution is 6.21. The second-order valence-corrected chi connectivity index (χ2v) is 3.98. The minimum Gasteiger partial charge on any atom is -0.268 e. The first-order chi connectivity index (χ1) is 9.61. The summed E-state index contributed by atoms with van der Waals surface area (Å²) in [6.45, 7) is 0. The van der Waals surface area contributed by atoms with Crippen molar-refractivity contribution in [3.63, 3.8) is 0 Å². The molecule has 102 valence electrons. The molecule has 0 radical (unpaired) electrons. The van der Waals surface area contributed by atoms with Crippen LogP contribution in [0.2, 0.25) is 0 Å². The van der Waals surface area contributed by atoms with E-state index in [1.54, 1.807) is 36.4 Å². The lowest BCUT2D eigenvalue weighted by molar-refractivity contribution is -0.128. The van der Waals surface area contributed by atoms with Crippen LogP contribution in [-0.2, 0) is 4.79 Å². The molecule has 0 spiro atoms. The highest BCUT2D eigenvalue weighted by Crippen LogP contribution is 2.19. The van der Waals surface area contributed by atoms with Gasteiger partial charge in [-0.3, -0.25) is 9.59 Å². The summed E-state index contributed by atoms with van der Waals surface area (Å²) in [4.78, 5) is 24.4. The summed E-state index contributed by atoms with van der Waals surface area (Å²) in [6, 6.07) is 15.5. The molecule has 2 aromatic rings. The first kappa shape index (κ1) is 13.9. The van der Waals surface area contributed by atoms with Gasteiger partial charge >= 0.3 is 12.3 Å². The molecule has 2 aromatic carbocycles. The molecular weight excluding hydrogens is 264 g/mol. The number of carbonyl (C=O) groups excluding carboxylic acids is 2. The lowest BCUT2D eigenvalue weighted by Crippen LogP contribution is -2.40. The standard InChI is InChI=1S/C15H11F2NO2/c16-13(17)15(20)18(12-9-5-2-6-10-12)14(19)11-7-3-1-4-8-11/h1-10,13H. The highest BCUT2D eigenvalue weighted by atomic mass is 19.3. The molecule has 20 heavy (non-hydrogen) atoms. The molecule has 0 saturated heterocycles. The summed E-state index contributed by atoms with van der Waals surface area (Å²) in [5, 5.41) is 0. The average molecular weight is 275 g/mol. The SMILES string of the molecule is O=C(c1ccccc1)N(C(=O)C(F)F)c1ccccc1. The van der Waals surface area contributed by atoms with Gasteiger partial charge in [-0.2, -0.15) is 8.78 Å². The highest BCUT2D eigenvalue weighted by Gasteiger charge is 2.30. The van der Waals surface area contributed by atoms with Crippen LogP contribution in [0.25, 0.3) is 0 Å². The third kappa shape index (κ3) is 2.88. The van der Waals surface area contributed by atoms with Crippen molar-refractivity contribution in [2.24, 2.45) is 0 Å². The van der Waals surface area contributed by atoms with Crippen molar-refractivity contribution < 1.29 is 18.4 Å². The third-order valence-corrected chi connectivity index (χ3v) is 2.65. The Bertz CT molecular complexity index is 600. The maximum atomic E-state index is 12.7. The first-order valence-corrected chi connectivity index (χ1v) is 5.88. The van der Waals surface area contributed by atoms with Crippen molar-refractivity contribution in [2.45, 2.75) is 6.43 Å². The van der Waals surface area contributed by atoms with Gasteiger partial charge in [0, 0.05) is 5.56 Å². The summed E-state index contributed by atoms with van der Waals surface area (Å²) in [7, 11) is 0. The van der Waals surface area contributed by atoms with Gasteiger partial charge in [-0.05, 0) is 24.3 Å². The molecule has 0 bridgehead atoms. The number of rotatable bonds is 3. The van der Waals surface area contributed by atoms with E-state index in [2.05, 4.69) is 0 Å². The van der Waals surface area contributed by atoms with Gasteiger partial charge in [-0.15, -0.1) is 0 Å². The van der Waals surface area contributed by atoms with Crippen LogP contribution >= 0.6 is 0 Å². The second-order valence-electron chi connectivity index (χ2n) is 3.98. The van der Waals surface area contributed by atoms with Crippen molar-refractivity contribution in [3.05, 3.63) is 66.2 Å². The Morgan fingerprint density at radius 2 is 1.35 bits per heavy atom. The van der Waals surface area contributed by atoms with E-state index in [-0.39, 0.29) is 11.3 Å². The normalized spacial score (nSPS) is 10.3. The number of amides is 2. The van der Waals surface area contributed by atoms with Crippen LogP contribution in [0.3, 0.4) is 0 Å². The smallest absolute Gasteiger partial charge is 0.268 e. The minimum absolute atomic E-state index is 0.117. The molecule has 2 rings (SSSR count). The number of benzene rings is 2. The van der Waals surface area contributed by atoms with E-state index >= 15 is 0 Å². The Hall–Kier alpha value is -2.56. The van der Waals surface area contributed by atoms with Gasteiger partial charge in [0.15, 0.2) is 0 Å². The lowest BCUT2D eigenvalue weighted by Gasteiger charge is -2.20. The maximum absolute atomic E-state index is 12.7. The third-order valence-electron chi connectivity index (χ3n) is 2.65. The molecule has 2 amide bonds. The zero-order valence-electron chi connectivity index (χ0n) is 10.4. The van der Waals surface area contributed by atoms with Crippen molar-refractivity contribution in [3.8, 4) is 0 Å². The molecule has 0 atom stereocenters. The molecule has 0 aliphatic carbocycles. The number of imide groups is 1. The molecule has 0 saturated carbocycles. The fraction of sp³-hybridized carbons (Fsp3) is 0.0667. The number of anilines is 1. The zero-order chi connectivity index (χ0) is 14.5. The average Bonchev–Trinajstić information content (AvgIpc) is 2.49. The van der Waals surface area contributed by atoms with E-state index in [1.807, 2.05) is 0 Å². The molecular formula is C15H11F2NO2. The quantitative estimate of drug-likeness (QED) is 0.863. The molecule has 0 heterocycles. The van der Waals surface area contributed by atoms with E-state index in [9.17, 15) is 18.4 Å². The summed E-state index contributed by atoms with van der Waals surface area (Å²) in [5.74, 6) is -2.31. The van der Waals surface area contributed by atoms with E-state index in [1.165, 1.54) is 24.3 Å². The molecule has 0 unspecified atom stereocenters. The number of hydrogen-bond acceptors (Lipinski definition) is 2. The van der Waals surface area contributed by atoms with Gasteiger partial charge in [0.2, 0.25) is 0 Å². The zero-order valence-corrected chi connectivity index (χ0v) is 10.4. The Balaban J connectivity index is 2.43. The van der Waals surface area contributed by atoms with Gasteiger partial charge in [0.25, 0.3) is 5.91 Å². The topological polar surface area (TPSA) is 37.4 Å². The predicted molar refractivity (Wildman–Crippen MR) is 70.7 cm³/mol. The van der Waals surface area contributed by atoms with Crippen LogP contribution in [0, 0.1) is 0 Å². The first-order valence-electron chi connectivity index (χ1n) is 5.88.